The molecule has 0 bridgehead atoms. The molecular formula is C11H10F13NS. The van der Waals surface area contributed by atoms with Crippen LogP contribution in [-0.4, -0.2) is 58.8 Å². The van der Waals surface area contributed by atoms with Gasteiger partial charge < -0.3 is 4.90 Å². The van der Waals surface area contributed by atoms with Gasteiger partial charge in [0, 0.05) is 13.1 Å². The average Bonchev–Trinajstić information content (AvgIpc) is 2.46. The lowest BCUT2D eigenvalue weighted by Gasteiger charge is -2.41. The van der Waals surface area contributed by atoms with Crippen LogP contribution in [0.3, 0.4) is 0 Å². The fourth-order valence-electron chi connectivity index (χ4n) is 1.61. The summed E-state index contributed by atoms with van der Waals surface area (Å²) in [5.41, 5.74) is 0. The number of nitrogens with zero attached hydrogens (tertiary/aromatic N) is 1. The Morgan fingerprint density at radius 3 is 1.19 bits per heavy atom. The highest BCUT2D eigenvalue weighted by atomic mass is 32.1. The quantitative estimate of drug-likeness (QED) is 0.390. The molecule has 156 valence electrons. The summed E-state index contributed by atoms with van der Waals surface area (Å²) in [7, 11) is 0. The minimum atomic E-state index is -7.91. The molecule has 15 heteroatoms. The largest absolute Gasteiger partial charge is 0.460 e. The molecule has 1 nitrogen and oxygen atoms in total. The van der Waals surface area contributed by atoms with Gasteiger partial charge in [-0.3, -0.25) is 0 Å². The van der Waals surface area contributed by atoms with Crippen LogP contribution in [0.5, 0.6) is 0 Å². The van der Waals surface area contributed by atoms with E-state index in [4.69, 9.17) is 0 Å². The van der Waals surface area contributed by atoms with Crippen LogP contribution in [0.2, 0.25) is 0 Å². The van der Waals surface area contributed by atoms with Crippen LogP contribution < -0.4 is 0 Å². The molecular weight excluding hydrogens is 425 g/mol. The third kappa shape index (κ3) is 3.30. The van der Waals surface area contributed by atoms with Crippen LogP contribution in [0.1, 0.15) is 13.8 Å². The van der Waals surface area contributed by atoms with E-state index in [9.17, 15) is 57.1 Å². The molecule has 0 heterocycles. The predicted octanol–water partition coefficient (Wildman–Crippen LogP) is 5.39. The third-order valence-electron chi connectivity index (χ3n) is 3.25. The number of alkyl halides is 13. The highest BCUT2D eigenvalue weighted by molar-refractivity contribution is 7.80. The minimum Gasteiger partial charge on any atom is -0.362 e. The molecule has 0 N–H and O–H groups in total. The molecule has 0 aromatic carbocycles. The number of hydrogen-bond donors (Lipinski definition) is 0. The Bertz CT molecular complexity index is 521. The maximum Gasteiger partial charge on any atom is 0.460 e. The summed E-state index contributed by atoms with van der Waals surface area (Å²) in [5, 5.41) is 0. The van der Waals surface area contributed by atoms with Crippen molar-refractivity contribution in [3.05, 3.63) is 0 Å². The lowest BCUT2D eigenvalue weighted by molar-refractivity contribution is -0.434. The standard InChI is InChI=1S/C11H10F13NS/c1-3-25(4-2)5(26)6(12,13)7(14,15)8(16,17)9(18,19)10(20,21)11(22,23)24/h3-4H2,1-2H3. The van der Waals surface area contributed by atoms with Crippen molar-refractivity contribution in [2.45, 2.75) is 49.6 Å². The lowest BCUT2D eigenvalue weighted by atomic mass is 9.93. The zero-order valence-corrected chi connectivity index (χ0v) is 13.5. The SMILES string of the molecule is CCN(CC)C(=S)C(F)(F)C(F)(F)C(F)(F)C(F)(F)C(F)(F)C(F)(F)F. The maximum absolute atomic E-state index is 13.7. The van der Waals surface area contributed by atoms with Crippen LogP contribution in [0, 0.1) is 0 Å². The van der Waals surface area contributed by atoms with Crippen LogP contribution in [0.4, 0.5) is 57.1 Å². The van der Waals surface area contributed by atoms with Crippen molar-refractivity contribution in [1.29, 1.82) is 0 Å². The zero-order valence-electron chi connectivity index (χ0n) is 12.7. The van der Waals surface area contributed by atoms with E-state index in [0.29, 0.717) is 0 Å². The molecule has 0 fully saturated rings. The summed E-state index contributed by atoms with van der Waals surface area (Å²) >= 11 is 3.82. The Hall–Kier alpha value is -1.02. The van der Waals surface area contributed by atoms with Crippen molar-refractivity contribution in [1.82, 2.24) is 4.90 Å². The minimum absolute atomic E-state index is 0.138. The summed E-state index contributed by atoms with van der Waals surface area (Å²) in [6, 6.07) is 0. The summed E-state index contributed by atoms with van der Waals surface area (Å²) in [4.78, 5) is -2.18. The molecule has 0 saturated carbocycles. The van der Waals surface area contributed by atoms with Crippen molar-refractivity contribution < 1.29 is 57.1 Å². The van der Waals surface area contributed by atoms with Gasteiger partial charge in [-0.2, -0.15) is 57.1 Å². The highest BCUT2D eigenvalue weighted by Crippen LogP contribution is 2.60. The molecule has 0 aromatic heterocycles. The van der Waals surface area contributed by atoms with E-state index in [1.54, 1.807) is 0 Å². The Morgan fingerprint density at radius 2 is 0.923 bits per heavy atom. The fraction of sp³-hybridized carbons (Fsp3) is 0.909. The van der Waals surface area contributed by atoms with E-state index < -0.39 is 53.9 Å². The second kappa shape index (κ2) is 6.86. The molecule has 0 atom stereocenters. The Morgan fingerprint density at radius 1 is 0.615 bits per heavy atom. The molecule has 0 aliphatic carbocycles. The summed E-state index contributed by atoms with van der Waals surface area (Å²) < 4.78 is 168. The van der Waals surface area contributed by atoms with Crippen molar-refractivity contribution in [3.8, 4) is 0 Å². The van der Waals surface area contributed by atoms with Gasteiger partial charge in [-0.05, 0) is 13.8 Å². The van der Waals surface area contributed by atoms with E-state index in [-0.39, 0.29) is 4.90 Å². The van der Waals surface area contributed by atoms with Gasteiger partial charge in [-0.15, -0.1) is 0 Å². The Balaban J connectivity index is 6.37. The molecule has 0 saturated heterocycles. The predicted molar refractivity (Wildman–Crippen MR) is 66.3 cm³/mol. The maximum atomic E-state index is 13.7. The van der Waals surface area contributed by atoms with Crippen molar-refractivity contribution in [3.63, 3.8) is 0 Å². The first-order valence-electron chi connectivity index (χ1n) is 6.43. The summed E-state index contributed by atoms with van der Waals surface area (Å²) in [6.45, 7) is 0.854. The Kier molecular flexibility index (Phi) is 6.59. The van der Waals surface area contributed by atoms with Gasteiger partial charge >= 0.3 is 35.8 Å². The smallest absolute Gasteiger partial charge is 0.362 e. The first kappa shape index (κ1) is 25.0. The van der Waals surface area contributed by atoms with E-state index in [1.165, 1.54) is 0 Å². The second-order valence-corrected chi connectivity index (χ2v) is 5.23. The topological polar surface area (TPSA) is 3.24 Å². The lowest BCUT2D eigenvalue weighted by Crippen LogP contribution is -2.71. The number of thiocarbonyl (C=S) groups is 1. The van der Waals surface area contributed by atoms with Crippen LogP contribution in [0.15, 0.2) is 0 Å². The van der Waals surface area contributed by atoms with Crippen molar-refractivity contribution >= 4 is 17.2 Å². The zero-order chi connectivity index (χ0) is 21.6. The third-order valence-corrected chi connectivity index (χ3v) is 3.77. The molecule has 0 spiro atoms. The summed E-state index contributed by atoms with van der Waals surface area (Å²) in [5.74, 6) is -37.2. The van der Waals surface area contributed by atoms with E-state index >= 15 is 0 Å². The molecule has 0 aromatic rings. The van der Waals surface area contributed by atoms with Gasteiger partial charge in [0.2, 0.25) is 0 Å². The van der Waals surface area contributed by atoms with Gasteiger partial charge in [-0.25, -0.2) is 0 Å². The summed E-state index contributed by atoms with van der Waals surface area (Å²) in [6.07, 6.45) is -7.43. The van der Waals surface area contributed by atoms with Gasteiger partial charge in [0.05, 0.1) is 0 Å². The number of halogens is 13. The van der Waals surface area contributed by atoms with E-state index in [2.05, 4.69) is 12.2 Å². The molecule has 0 aliphatic rings. The Labute approximate surface area is 143 Å². The van der Waals surface area contributed by atoms with Crippen LogP contribution in [0.25, 0.3) is 0 Å². The van der Waals surface area contributed by atoms with Gasteiger partial charge in [0.1, 0.15) is 0 Å². The normalized spacial score (nSPS) is 15.2. The number of hydrogen-bond acceptors (Lipinski definition) is 1. The van der Waals surface area contributed by atoms with Gasteiger partial charge in [0.25, 0.3) is 0 Å². The highest BCUT2D eigenvalue weighted by Gasteiger charge is 2.91. The molecule has 0 amide bonds. The molecule has 0 radical (unpaired) electrons. The first-order chi connectivity index (χ1) is 11.2. The fourth-order valence-corrected chi connectivity index (χ4v) is 2.00. The van der Waals surface area contributed by atoms with Crippen LogP contribution in [-0.2, 0) is 0 Å². The molecule has 0 unspecified atom stereocenters. The average molecular weight is 435 g/mol. The van der Waals surface area contributed by atoms with Gasteiger partial charge in [-0.1, -0.05) is 12.2 Å². The van der Waals surface area contributed by atoms with Gasteiger partial charge in [0.15, 0.2) is 4.99 Å². The molecule has 26 heavy (non-hydrogen) atoms. The van der Waals surface area contributed by atoms with Crippen LogP contribution >= 0.6 is 12.2 Å². The van der Waals surface area contributed by atoms with E-state index in [0.717, 1.165) is 13.8 Å². The monoisotopic (exact) mass is 435 g/mol. The first-order valence-corrected chi connectivity index (χ1v) is 6.84. The van der Waals surface area contributed by atoms with Crippen molar-refractivity contribution in [2.24, 2.45) is 0 Å². The molecule has 0 rings (SSSR count). The molecule has 0 aliphatic heterocycles. The van der Waals surface area contributed by atoms with E-state index in [1.807, 2.05) is 0 Å². The van der Waals surface area contributed by atoms with Crippen molar-refractivity contribution in [2.75, 3.05) is 13.1 Å². The number of rotatable bonds is 7. The second-order valence-electron chi connectivity index (χ2n) is 4.85.